The van der Waals surface area contributed by atoms with Crippen molar-refractivity contribution in [3.05, 3.63) is 35.9 Å². The van der Waals surface area contributed by atoms with Gasteiger partial charge in [0, 0.05) is 30.8 Å². The van der Waals surface area contributed by atoms with Gasteiger partial charge < -0.3 is 19.1 Å². The lowest BCUT2D eigenvalue weighted by molar-refractivity contribution is -0.211. The molecule has 0 radical (unpaired) electrons. The second-order valence-electron chi connectivity index (χ2n) is 7.98. The van der Waals surface area contributed by atoms with Crippen molar-refractivity contribution in [3.63, 3.8) is 0 Å². The van der Waals surface area contributed by atoms with Crippen molar-refractivity contribution in [2.45, 2.75) is 51.5 Å². The van der Waals surface area contributed by atoms with E-state index in [1.807, 2.05) is 42.2 Å². The van der Waals surface area contributed by atoms with Gasteiger partial charge in [-0.05, 0) is 18.9 Å². The molecular weight excluding hydrogens is 346 g/mol. The van der Waals surface area contributed by atoms with Gasteiger partial charge in [0.25, 0.3) is 0 Å². The molecule has 4 rings (SSSR count). The average Bonchev–Trinajstić information content (AvgIpc) is 3.16. The Morgan fingerprint density at radius 3 is 2.63 bits per heavy atom. The molecule has 3 aliphatic rings. The molecule has 6 nitrogen and oxygen atoms in total. The molecule has 1 spiro atoms. The first-order valence-electron chi connectivity index (χ1n) is 9.78. The molecule has 146 valence electrons. The Bertz CT molecular complexity index is 715. The molecule has 1 amide bonds. The van der Waals surface area contributed by atoms with E-state index in [0.29, 0.717) is 26.2 Å². The molecule has 6 heteroatoms. The SMILES string of the molecule is CCOC(=O)[C@@H]1C(=O)N(Cc2ccccc2)[C@H]2CCC3(C[C@@]12C)OCCO3. The summed E-state index contributed by atoms with van der Waals surface area (Å²) in [7, 11) is 0. The predicted molar refractivity (Wildman–Crippen MR) is 97.5 cm³/mol. The zero-order valence-electron chi connectivity index (χ0n) is 16.0. The molecule has 27 heavy (non-hydrogen) atoms. The fraction of sp³-hybridized carbons (Fsp3) is 0.619. The number of carbonyl (C=O) groups is 2. The standard InChI is InChI=1S/C21H27NO5/c1-3-25-19(24)17-18(23)22(13-15-7-5-4-6-8-15)16-9-10-21(14-20(16,17)2)26-11-12-27-21/h4-8,16-17H,3,9-14H2,1-2H3/t16-,17-,20+/m0/s1. The van der Waals surface area contributed by atoms with Gasteiger partial charge in [0.2, 0.25) is 5.91 Å². The zero-order valence-corrected chi connectivity index (χ0v) is 16.0. The van der Waals surface area contributed by atoms with Crippen LogP contribution in [0, 0.1) is 11.3 Å². The number of carbonyl (C=O) groups excluding carboxylic acids is 2. The molecular formula is C21H27NO5. The fourth-order valence-corrected chi connectivity index (χ4v) is 5.19. The maximum Gasteiger partial charge on any atom is 0.319 e. The number of benzene rings is 1. The Morgan fingerprint density at radius 1 is 1.26 bits per heavy atom. The summed E-state index contributed by atoms with van der Waals surface area (Å²) in [4.78, 5) is 28.0. The smallest absolute Gasteiger partial charge is 0.319 e. The average molecular weight is 373 g/mol. The van der Waals surface area contributed by atoms with E-state index in [-0.39, 0.29) is 18.6 Å². The third kappa shape index (κ3) is 3.05. The molecule has 1 saturated carbocycles. The minimum absolute atomic E-state index is 0.0296. The Balaban J connectivity index is 1.67. The van der Waals surface area contributed by atoms with Crippen LogP contribution in [0.2, 0.25) is 0 Å². The molecule has 2 aliphatic heterocycles. The van der Waals surface area contributed by atoms with Crippen molar-refractivity contribution >= 4 is 11.9 Å². The molecule has 2 saturated heterocycles. The van der Waals surface area contributed by atoms with Gasteiger partial charge in [0.05, 0.1) is 19.8 Å². The molecule has 0 aromatic heterocycles. The van der Waals surface area contributed by atoms with Crippen LogP contribution < -0.4 is 0 Å². The number of rotatable bonds is 4. The third-order valence-electron chi connectivity index (χ3n) is 6.31. The summed E-state index contributed by atoms with van der Waals surface area (Å²) in [6, 6.07) is 9.88. The van der Waals surface area contributed by atoms with E-state index < -0.39 is 23.1 Å². The topological polar surface area (TPSA) is 65.1 Å². The predicted octanol–water partition coefficient (Wildman–Crippen LogP) is 2.51. The van der Waals surface area contributed by atoms with Crippen LogP contribution in [0.4, 0.5) is 0 Å². The van der Waals surface area contributed by atoms with Crippen molar-refractivity contribution in [1.29, 1.82) is 0 Å². The van der Waals surface area contributed by atoms with Gasteiger partial charge >= 0.3 is 5.97 Å². The molecule has 0 bridgehead atoms. The minimum atomic E-state index is -0.809. The van der Waals surface area contributed by atoms with E-state index >= 15 is 0 Å². The molecule has 1 aliphatic carbocycles. The summed E-state index contributed by atoms with van der Waals surface area (Å²) >= 11 is 0. The van der Waals surface area contributed by atoms with E-state index in [0.717, 1.165) is 18.4 Å². The van der Waals surface area contributed by atoms with Crippen LogP contribution in [0.15, 0.2) is 30.3 Å². The van der Waals surface area contributed by atoms with Crippen molar-refractivity contribution in [2.75, 3.05) is 19.8 Å². The Hall–Kier alpha value is -1.92. The monoisotopic (exact) mass is 373 g/mol. The summed E-state index contributed by atoms with van der Waals surface area (Å²) in [6.07, 6.45) is 2.03. The van der Waals surface area contributed by atoms with Crippen LogP contribution in [0.5, 0.6) is 0 Å². The highest BCUT2D eigenvalue weighted by atomic mass is 16.7. The number of nitrogens with zero attached hydrogens (tertiary/aromatic N) is 1. The number of ether oxygens (including phenoxy) is 3. The Kier molecular flexibility index (Phi) is 4.72. The largest absolute Gasteiger partial charge is 0.465 e. The quantitative estimate of drug-likeness (QED) is 0.599. The minimum Gasteiger partial charge on any atom is -0.465 e. The van der Waals surface area contributed by atoms with E-state index in [1.165, 1.54) is 0 Å². The highest BCUT2D eigenvalue weighted by Crippen LogP contribution is 2.56. The maximum absolute atomic E-state index is 13.3. The third-order valence-corrected chi connectivity index (χ3v) is 6.31. The van der Waals surface area contributed by atoms with Crippen molar-refractivity contribution < 1.29 is 23.8 Å². The van der Waals surface area contributed by atoms with E-state index in [4.69, 9.17) is 14.2 Å². The van der Waals surface area contributed by atoms with Gasteiger partial charge in [-0.3, -0.25) is 9.59 Å². The highest BCUT2D eigenvalue weighted by molar-refractivity contribution is 6.01. The first-order valence-corrected chi connectivity index (χ1v) is 9.78. The number of esters is 1. The van der Waals surface area contributed by atoms with E-state index in [1.54, 1.807) is 6.92 Å². The first-order chi connectivity index (χ1) is 13.0. The van der Waals surface area contributed by atoms with E-state index in [2.05, 4.69) is 0 Å². The van der Waals surface area contributed by atoms with Gasteiger partial charge in [-0.1, -0.05) is 37.3 Å². The molecule has 0 N–H and O–H groups in total. The normalized spacial score (nSPS) is 31.9. The van der Waals surface area contributed by atoms with Crippen LogP contribution >= 0.6 is 0 Å². The molecule has 1 aromatic carbocycles. The Morgan fingerprint density at radius 2 is 1.96 bits per heavy atom. The van der Waals surface area contributed by atoms with E-state index in [9.17, 15) is 9.59 Å². The number of likely N-dealkylation sites (tertiary alicyclic amines) is 1. The molecule has 0 unspecified atom stereocenters. The van der Waals surface area contributed by atoms with Crippen LogP contribution in [0.1, 0.15) is 38.7 Å². The summed E-state index contributed by atoms with van der Waals surface area (Å²) in [5.74, 6) is -2.05. The molecule has 3 fully saturated rings. The second-order valence-corrected chi connectivity index (χ2v) is 7.98. The van der Waals surface area contributed by atoms with Crippen molar-refractivity contribution in [1.82, 2.24) is 4.90 Å². The van der Waals surface area contributed by atoms with Crippen LogP contribution in [0.25, 0.3) is 0 Å². The van der Waals surface area contributed by atoms with Gasteiger partial charge in [0.1, 0.15) is 5.92 Å². The number of fused-ring (bicyclic) bond motifs is 1. The zero-order chi connectivity index (χ0) is 19.1. The van der Waals surface area contributed by atoms with Gasteiger partial charge in [0.15, 0.2) is 5.79 Å². The summed E-state index contributed by atoms with van der Waals surface area (Å²) in [5, 5.41) is 0. The highest BCUT2D eigenvalue weighted by Gasteiger charge is 2.65. The number of hydrogen-bond acceptors (Lipinski definition) is 5. The maximum atomic E-state index is 13.3. The molecule has 1 aromatic rings. The summed E-state index contributed by atoms with van der Waals surface area (Å²) in [6.45, 7) is 5.68. The van der Waals surface area contributed by atoms with Crippen molar-refractivity contribution in [2.24, 2.45) is 11.3 Å². The van der Waals surface area contributed by atoms with Crippen LogP contribution in [-0.4, -0.2) is 48.4 Å². The van der Waals surface area contributed by atoms with Gasteiger partial charge in [-0.25, -0.2) is 0 Å². The van der Waals surface area contributed by atoms with Crippen molar-refractivity contribution in [3.8, 4) is 0 Å². The summed E-state index contributed by atoms with van der Waals surface area (Å²) < 4.78 is 17.1. The second kappa shape index (κ2) is 6.91. The fourth-order valence-electron chi connectivity index (χ4n) is 5.19. The Labute approximate surface area is 159 Å². The molecule has 2 heterocycles. The first kappa shape index (κ1) is 18.4. The number of hydrogen-bond donors (Lipinski definition) is 0. The van der Waals surface area contributed by atoms with Gasteiger partial charge in [-0.15, -0.1) is 0 Å². The van der Waals surface area contributed by atoms with Crippen LogP contribution in [0.3, 0.4) is 0 Å². The lowest BCUT2D eigenvalue weighted by atomic mass is 9.64. The van der Waals surface area contributed by atoms with Crippen LogP contribution in [-0.2, 0) is 30.3 Å². The lowest BCUT2D eigenvalue weighted by Gasteiger charge is -2.47. The lowest BCUT2D eigenvalue weighted by Crippen LogP contribution is -2.52. The number of amides is 1. The summed E-state index contributed by atoms with van der Waals surface area (Å²) in [5.41, 5.74) is 0.493. The van der Waals surface area contributed by atoms with Gasteiger partial charge in [-0.2, -0.15) is 0 Å². The molecule has 3 atom stereocenters.